The third kappa shape index (κ3) is 0.854. The van der Waals surface area contributed by atoms with Gasteiger partial charge < -0.3 is 4.74 Å². The molecule has 0 aromatic rings. The Morgan fingerprint density at radius 2 is 2.25 bits per heavy atom. The zero-order valence-electron chi connectivity index (χ0n) is 7.44. The minimum atomic E-state index is -0.351. The molecule has 0 aromatic carbocycles. The fraction of sp³-hybridized carbons (Fsp3) is 0.667. The highest BCUT2D eigenvalue weighted by molar-refractivity contribution is 5.89. The lowest BCUT2D eigenvalue weighted by molar-refractivity contribution is -0.125. The zero-order chi connectivity index (χ0) is 8.77. The molecule has 0 aliphatic carbocycles. The summed E-state index contributed by atoms with van der Waals surface area (Å²) in [6, 6.07) is 0. The number of amides is 1. The monoisotopic (exact) mass is 167 g/mol. The molecular weight excluding hydrogens is 154 g/mol. The van der Waals surface area contributed by atoms with Crippen molar-refractivity contribution in [3.8, 4) is 0 Å². The first-order chi connectivity index (χ1) is 5.62. The van der Waals surface area contributed by atoms with Gasteiger partial charge in [0, 0.05) is 5.57 Å². The van der Waals surface area contributed by atoms with E-state index in [4.69, 9.17) is 4.74 Å². The molecule has 12 heavy (non-hydrogen) atoms. The molecule has 2 rings (SSSR count). The van der Waals surface area contributed by atoms with E-state index in [1.54, 1.807) is 0 Å². The van der Waals surface area contributed by atoms with Crippen LogP contribution >= 0.6 is 0 Å². The van der Waals surface area contributed by atoms with Crippen LogP contribution in [0.4, 0.5) is 0 Å². The van der Waals surface area contributed by atoms with Crippen LogP contribution in [0.25, 0.3) is 0 Å². The zero-order valence-corrected chi connectivity index (χ0v) is 7.44. The highest BCUT2D eigenvalue weighted by atomic mass is 16.5. The number of nitrogens with one attached hydrogen (secondary N) is 1. The van der Waals surface area contributed by atoms with Crippen LogP contribution in [0, 0.1) is 5.41 Å². The maximum absolute atomic E-state index is 11.4. The Balaban J connectivity index is 2.38. The van der Waals surface area contributed by atoms with Crippen LogP contribution in [0.5, 0.6) is 0 Å². The minimum Gasteiger partial charge on any atom is -0.479 e. The van der Waals surface area contributed by atoms with E-state index >= 15 is 0 Å². The van der Waals surface area contributed by atoms with E-state index in [0.717, 1.165) is 30.9 Å². The normalized spacial score (nSPS) is 26.3. The largest absolute Gasteiger partial charge is 0.479 e. The smallest absolute Gasteiger partial charge is 0.236 e. The van der Waals surface area contributed by atoms with E-state index in [1.807, 2.05) is 13.8 Å². The molecule has 3 heteroatoms. The Bertz CT molecular complexity index is 266. The van der Waals surface area contributed by atoms with E-state index in [-0.39, 0.29) is 11.3 Å². The fourth-order valence-electron chi connectivity index (χ4n) is 1.73. The number of carbonyl (C=O) groups is 1. The molecule has 2 aliphatic heterocycles. The van der Waals surface area contributed by atoms with Crippen molar-refractivity contribution in [1.29, 1.82) is 0 Å². The van der Waals surface area contributed by atoms with Gasteiger partial charge in [0.25, 0.3) is 0 Å². The molecule has 0 fully saturated rings. The summed E-state index contributed by atoms with van der Waals surface area (Å²) in [6.45, 7) is 4.62. The van der Waals surface area contributed by atoms with Crippen LogP contribution in [0.2, 0.25) is 0 Å². The van der Waals surface area contributed by atoms with Crippen molar-refractivity contribution in [2.45, 2.75) is 26.7 Å². The first-order valence-electron chi connectivity index (χ1n) is 4.30. The van der Waals surface area contributed by atoms with Crippen molar-refractivity contribution in [2.75, 3.05) is 6.61 Å². The van der Waals surface area contributed by atoms with Crippen LogP contribution < -0.4 is 5.32 Å². The Kier molecular flexibility index (Phi) is 1.43. The van der Waals surface area contributed by atoms with E-state index in [2.05, 4.69) is 5.32 Å². The van der Waals surface area contributed by atoms with Gasteiger partial charge in [-0.25, -0.2) is 0 Å². The standard InChI is InChI=1S/C9H13NO2/c1-9(2)6-4-3-5-12-7(6)10-8(9)11/h3-5H2,1-2H3,(H,10,11). The van der Waals surface area contributed by atoms with Gasteiger partial charge in [-0.05, 0) is 26.7 Å². The lowest BCUT2D eigenvalue weighted by Crippen LogP contribution is -2.28. The molecule has 0 saturated carbocycles. The summed E-state index contributed by atoms with van der Waals surface area (Å²) in [7, 11) is 0. The Hall–Kier alpha value is -0.990. The number of hydrogen-bond acceptors (Lipinski definition) is 2. The average molecular weight is 167 g/mol. The van der Waals surface area contributed by atoms with Crippen molar-refractivity contribution < 1.29 is 9.53 Å². The van der Waals surface area contributed by atoms with Gasteiger partial charge in [-0.2, -0.15) is 0 Å². The van der Waals surface area contributed by atoms with Gasteiger partial charge in [0.1, 0.15) is 0 Å². The lowest BCUT2D eigenvalue weighted by atomic mass is 9.83. The average Bonchev–Trinajstić information content (AvgIpc) is 2.25. The van der Waals surface area contributed by atoms with E-state index in [1.165, 1.54) is 0 Å². The molecule has 0 saturated heterocycles. The number of rotatable bonds is 0. The third-order valence-electron chi connectivity index (χ3n) is 2.64. The molecule has 0 unspecified atom stereocenters. The van der Waals surface area contributed by atoms with E-state index in [9.17, 15) is 4.79 Å². The molecule has 66 valence electrons. The summed E-state index contributed by atoms with van der Waals surface area (Å²) in [6.07, 6.45) is 2.01. The second-order valence-electron chi connectivity index (χ2n) is 3.84. The van der Waals surface area contributed by atoms with E-state index in [0.29, 0.717) is 0 Å². The number of ether oxygens (including phenoxy) is 1. The molecule has 3 nitrogen and oxygen atoms in total. The van der Waals surface area contributed by atoms with Crippen LogP contribution in [-0.2, 0) is 9.53 Å². The van der Waals surface area contributed by atoms with Gasteiger partial charge >= 0.3 is 0 Å². The summed E-state index contributed by atoms with van der Waals surface area (Å²) >= 11 is 0. The minimum absolute atomic E-state index is 0.0643. The number of hydrogen-bond donors (Lipinski definition) is 1. The molecule has 0 spiro atoms. The molecule has 1 amide bonds. The maximum Gasteiger partial charge on any atom is 0.236 e. The van der Waals surface area contributed by atoms with Gasteiger partial charge in [-0.1, -0.05) is 0 Å². The first kappa shape index (κ1) is 7.65. The van der Waals surface area contributed by atoms with Crippen molar-refractivity contribution in [3.63, 3.8) is 0 Å². The van der Waals surface area contributed by atoms with Gasteiger partial charge in [0.15, 0.2) is 5.88 Å². The quantitative estimate of drug-likeness (QED) is 0.588. The predicted octanol–water partition coefficient (Wildman–Crippen LogP) is 1.16. The SMILES string of the molecule is CC1(C)C(=O)NC2=C1CCCO2. The molecule has 0 aromatic heterocycles. The van der Waals surface area contributed by atoms with Gasteiger partial charge in [-0.15, -0.1) is 0 Å². The summed E-state index contributed by atoms with van der Waals surface area (Å²) < 4.78 is 5.36. The van der Waals surface area contributed by atoms with Crippen molar-refractivity contribution >= 4 is 5.91 Å². The topological polar surface area (TPSA) is 38.3 Å². The molecule has 0 bridgehead atoms. The Morgan fingerprint density at radius 3 is 2.92 bits per heavy atom. The fourth-order valence-corrected chi connectivity index (χ4v) is 1.73. The molecule has 0 atom stereocenters. The second kappa shape index (κ2) is 2.25. The lowest BCUT2D eigenvalue weighted by Gasteiger charge is -2.21. The Morgan fingerprint density at radius 1 is 1.50 bits per heavy atom. The summed E-state index contributed by atoms with van der Waals surface area (Å²) in [5, 5.41) is 2.76. The third-order valence-corrected chi connectivity index (χ3v) is 2.64. The molecule has 0 radical (unpaired) electrons. The van der Waals surface area contributed by atoms with Crippen molar-refractivity contribution in [2.24, 2.45) is 5.41 Å². The highest BCUT2D eigenvalue weighted by Gasteiger charge is 2.42. The van der Waals surface area contributed by atoms with Crippen molar-refractivity contribution in [3.05, 3.63) is 11.5 Å². The summed E-state index contributed by atoms with van der Waals surface area (Å²) in [5.41, 5.74) is 0.786. The first-order valence-corrected chi connectivity index (χ1v) is 4.30. The van der Waals surface area contributed by atoms with Crippen LogP contribution in [0.1, 0.15) is 26.7 Å². The molecular formula is C9H13NO2. The van der Waals surface area contributed by atoms with Crippen molar-refractivity contribution in [1.82, 2.24) is 5.32 Å². The number of carbonyl (C=O) groups excluding carboxylic acids is 1. The van der Waals surface area contributed by atoms with Gasteiger partial charge in [0.05, 0.1) is 12.0 Å². The summed E-state index contributed by atoms with van der Waals surface area (Å²) in [4.78, 5) is 11.4. The highest BCUT2D eigenvalue weighted by Crippen LogP contribution is 2.39. The summed E-state index contributed by atoms with van der Waals surface area (Å²) in [5.74, 6) is 0.783. The van der Waals surface area contributed by atoms with Crippen LogP contribution in [-0.4, -0.2) is 12.5 Å². The molecule has 2 aliphatic rings. The van der Waals surface area contributed by atoms with Crippen LogP contribution in [0.15, 0.2) is 11.5 Å². The van der Waals surface area contributed by atoms with Gasteiger partial charge in [0.2, 0.25) is 5.91 Å². The Labute approximate surface area is 71.8 Å². The van der Waals surface area contributed by atoms with Crippen LogP contribution in [0.3, 0.4) is 0 Å². The molecule has 1 N–H and O–H groups in total. The maximum atomic E-state index is 11.4. The van der Waals surface area contributed by atoms with E-state index < -0.39 is 0 Å². The van der Waals surface area contributed by atoms with Gasteiger partial charge in [-0.3, -0.25) is 10.1 Å². The second-order valence-corrected chi connectivity index (χ2v) is 3.84. The predicted molar refractivity (Wildman–Crippen MR) is 44.1 cm³/mol. The molecule has 2 heterocycles.